The molecular formula is C12H9N3O3S. The topological polar surface area (TPSA) is 84.3 Å². The zero-order chi connectivity index (χ0) is 13.5. The molecule has 0 saturated carbocycles. The normalized spacial score (nSPS) is 11.8. The van der Waals surface area contributed by atoms with Crippen LogP contribution in [0.1, 0.15) is 0 Å². The first-order chi connectivity index (χ1) is 9.09. The van der Waals surface area contributed by atoms with Crippen LogP contribution in [-0.4, -0.2) is 23.0 Å². The van der Waals surface area contributed by atoms with E-state index in [1.807, 2.05) is 0 Å². The van der Waals surface area contributed by atoms with Crippen molar-refractivity contribution in [3.8, 4) is 0 Å². The maximum atomic E-state index is 12.4. The average Bonchev–Trinajstić information content (AvgIpc) is 2.81. The summed E-state index contributed by atoms with van der Waals surface area (Å²) in [6.07, 6.45) is 1.27. The lowest BCUT2D eigenvalue weighted by molar-refractivity contribution is 0.595. The third-order valence-electron chi connectivity index (χ3n) is 2.75. The number of sulfone groups is 1. The van der Waals surface area contributed by atoms with E-state index in [1.54, 1.807) is 18.2 Å². The minimum Gasteiger partial charge on any atom is -0.249 e. The fraction of sp³-hybridized carbons (Fsp3) is 0. The van der Waals surface area contributed by atoms with E-state index in [-0.39, 0.29) is 9.79 Å². The smallest absolute Gasteiger partial charge is 0.249 e. The van der Waals surface area contributed by atoms with E-state index in [9.17, 15) is 13.2 Å². The minimum atomic E-state index is -3.63. The molecule has 0 spiro atoms. The summed E-state index contributed by atoms with van der Waals surface area (Å²) in [5, 5.41) is 6.00. The monoisotopic (exact) mass is 275 g/mol. The molecule has 19 heavy (non-hydrogen) atoms. The highest BCUT2D eigenvalue weighted by atomic mass is 32.2. The van der Waals surface area contributed by atoms with Gasteiger partial charge in [-0.15, -0.1) is 0 Å². The number of pyridine rings is 1. The molecule has 2 heterocycles. The number of H-pyrrole nitrogens is 1. The molecular weight excluding hydrogens is 266 g/mol. The minimum absolute atomic E-state index is 0.0506. The number of aromatic amines is 1. The molecule has 0 aliphatic heterocycles. The molecule has 0 bridgehead atoms. The second-order valence-corrected chi connectivity index (χ2v) is 5.89. The molecule has 1 N–H and O–H groups in total. The number of benzene rings is 1. The van der Waals surface area contributed by atoms with Crippen LogP contribution in [-0.2, 0) is 9.84 Å². The Hall–Kier alpha value is -2.41. The largest absolute Gasteiger partial charge is 0.347 e. The summed E-state index contributed by atoms with van der Waals surface area (Å²) in [5.74, 6) is 0. The van der Waals surface area contributed by atoms with Crippen LogP contribution in [0.15, 0.2) is 63.2 Å². The number of hydrogen-bond donors (Lipinski definition) is 1. The molecule has 0 aliphatic carbocycles. The van der Waals surface area contributed by atoms with Gasteiger partial charge in [-0.25, -0.2) is 22.7 Å². The summed E-state index contributed by atoms with van der Waals surface area (Å²) in [4.78, 5) is 11.7. The second kappa shape index (κ2) is 4.06. The van der Waals surface area contributed by atoms with Gasteiger partial charge in [0.15, 0.2) is 5.65 Å². The first-order valence-corrected chi connectivity index (χ1v) is 6.94. The number of rotatable bonds is 2. The molecule has 1 aromatic carbocycles. The van der Waals surface area contributed by atoms with Crippen LogP contribution in [0.5, 0.6) is 0 Å². The van der Waals surface area contributed by atoms with Gasteiger partial charge < -0.3 is 0 Å². The quantitative estimate of drug-likeness (QED) is 0.751. The van der Waals surface area contributed by atoms with E-state index in [2.05, 4.69) is 10.2 Å². The maximum absolute atomic E-state index is 12.4. The lowest BCUT2D eigenvalue weighted by Crippen LogP contribution is -2.11. The third-order valence-corrected chi connectivity index (χ3v) is 4.50. The first-order valence-electron chi connectivity index (χ1n) is 5.46. The SMILES string of the molecule is O=c1[nH]nc2ccc(S(=O)(=O)c3ccccc3)cn12. The summed E-state index contributed by atoms with van der Waals surface area (Å²) in [6, 6.07) is 11.0. The van der Waals surface area contributed by atoms with Crippen molar-refractivity contribution in [3.05, 3.63) is 59.1 Å². The molecule has 0 amide bonds. The maximum Gasteiger partial charge on any atom is 0.347 e. The molecule has 0 atom stereocenters. The van der Waals surface area contributed by atoms with E-state index >= 15 is 0 Å². The van der Waals surface area contributed by atoms with Crippen LogP contribution in [0, 0.1) is 0 Å². The van der Waals surface area contributed by atoms with Crippen LogP contribution in [0.25, 0.3) is 5.65 Å². The van der Waals surface area contributed by atoms with Crippen LogP contribution >= 0.6 is 0 Å². The zero-order valence-electron chi connectivity index (χ0n) is 9.65. The number of hydrogen-bond acceptors (Lipinski definition) is 4. The Morgan fingerprint density at radius 2 is 1.74 bits per heavy atom. The Labute approximate surface area is 108 Å². The van der Waals surface area contributed by atoms with Gasteiger partial charge in [0.2, 0.25) is 9.84 Å². The molecule has 3 aromatic rings. The Kier molecular flexibility index (Phi) is 2.49. The van der Waals surface area contributed by atoms with Gasteiger partial charge in [0.05, 0.1) is 9.79 Å². The second-order valence-electron chi connectivity index (χ2n) is 3.94. The zero-order valence-corrected chi connectivity index (χ0v) is 10.5. The van der Waals surface area contributed by atoms with E-state index in [4.69, 9.17) is 0 Å². The first kappa shape index (κ1) is 11.7. The summed E-state index contributed by atoms with van der Waals surface area (Å²) >= 11 is 0. The van der Waals surface area contributed by atoms with Crippen molar-refractivity contribution in [1.29, 1.82) is 0 Å². The molecule has 0 aliphatic rings. The van der Waals surface area contributed by atoms with Crippen LogP contribution in [0.2, 0.25) is 0 Å². The molecule has 0 radical (unpaired) electrons. The Morgan fingerprint density at radius 3 is 2.47 bits per heavy atom. The van der Waals surface area contributed by atoms with Gasteiger partial charge in [0.1, 0.15) is 0 Å². The highest BCUT2D eigenvalue weighted by molar-refractivity contribution is 7.91. The molecule has 2 aromatic heterocycles. The van der Waals surface area contributed by atoms with E-state index in [1.165, 1.54) is 30.5 Å². The molecule has 0 unspecified atom stereocenters. The van der Waals surface area contributed by atoms with Crippen molar-refractivity contribution in [2.75, 3.05) is 0 Å². The number of nitrogens with one attached hydrogen (secondary N) is 1. The molecule has 0 fully saturated rings. The van der Waals surface area contributed by atoms with Crippen LogP contribution in [0.3, 0.4) is 0 Å². The lowest BCUT2D eigenvalue weighted by atomic mass is 10.4. The van der Waals surface area contributed by atoms with Gasteiger partial charge in [-0.2, -0.15) is 5.10 Å². The molecule has 96 valence electrons. The number of nitrogens with zero attached hydrogens (tertiary/aromatic N) is 2. The Morgan fingerprint density at radius 1 is 1.00 bits per heavy atom. The Bertz CT molecular complexity index is 895. The number of fused-ring (bicyclic) bond motifs is 1. The van der Waals surface area contributed by atoms with Gasteiger partial charge in [0, 0.05) is 6.20 Å². The van der Waals surface area contributed by atoms with Crippen molar-refractivity contribution >= 4 is 15.5 Å². The van der Waals surface area contributed by atoms with Gasteiger partial charge in [-0.1, -0.05) is 18.2 Å². The van der Waals surface area contributed by atoms with Crippen LogP contribution < -0.4 is 5.69 Å². The van der Waals surface area contributed by atoms with E-state index < -0.39 is 15.5 Å². The van der Waals surface area contributed by atoms with E-state index in [0.29, 0.717) is 5.65 Å². The standard InChI is InChI=1S/C12H9N3O3S/c16-12-14-13-11-7-6-10(8-15(11)12)19(17,18)9-4-2-1-3-5-9/h1-8H,(H,14,16). The summed E-state index contributed by atoms with van der Waals surface area (Å²) < 4.78 is 25.9. The van der Waals surface area contributed by atoms with Crippen molar-refractivity contribution in [1.82, 2.24) is 14.6 Å². The predicted molar refractivity (Wildman–Crippen MR) is 67.7 cm³/mol. The van der Waals surface area contributed by atoms with Gasteiger partial charge >= 0.3 is 5.69 Å². The lowest BCUT2D eigenvalue weighted by Gasteiger charge is -2.04. The molecule has 7 heteroatoms. The van der Waals surface area contributed by atoms with Crippen LogP contribution in [0.4, 0.5) is 0 Å². The summed E-state index contributed by atoms with van der Waals surface area (Å²) in [5.41, 5.74) is -0.0999. The van der Waals surface area contributed by atoms with Gasteiger partial charge in [-0.3, -0.25) is 0 Å². The highest BCUT2D eigenvalue weighted by Gasteiger charge is 2.18. The summed E-state index contributed by atoms with van der Waals surface area (Å²) in [7, 11) is -3.63. The molecule has 3 rings (SSSR count). The third kappa shape index (κ3) is 1.84. The summed E-state index contributed by atoms with van der Waals surface area (Å²) in [6.45, 7) is 0. The molecule has 0 saturated heterocycles. The molecule has 6 nitrogen and oxygen atoms in total. The van der Waals surface area contributed by atoms with E-state index in [0.717, 1.165) is 4.40 Å². The fourth-order valence-corrected chi connectivity index (χ4v) is 3.06. The van der Waals surface area contributed by atoms with Gasteiger partial charge in [0.25, 0.3) is 0 Å². The fourth-order valence-electron chi connectivity index (χ4n) is 1.78. The Balaban J connectivity index is 2.24. The predicted octanol–water partition coefficient (Wildman–Crippen LogP) is 0.855. The van der Waals surface area contributed by atoms with Crippen molar-refractivity contribution in [2.45, 2.75) is 9.79 Å². The average molecular weight is 275 g/mol. The van der Waals surface area contributed by atoms with Crippen molar-refractivity contribution < 1.29 is 8.42 Å². The highest BCUT2D eigenvalue weighted by Crippen LogP contribution is 2.19. The van der Waals surface area contributed by atoms with Gasteiger partial charge in [-0.05, 0) is 24.3 Å². The number of aromatic nitrogens is 3. The van der Waals surface area contributed by atoms with Crippen molar-refractivity contribution in [3.63, 3.8) is 0 Å². The van der Waals surface area contributed by atoms with Crippen molar-refractivity contribution in [2.24, 2.45) is 0 Å².